The molecule has 1 fully saturated rings. The fraction of sp³-hybridized carbons (Fsp3) is 0.586. The van der Waals surface area contributed by atoms with E-state index in [4.69, 9.17) is 9.47 Å². The van der Waals surface area contributed by atoms with Crippen LogP contribution in [0.3, 0.4) is 0 Å². The molecule has 0 unspecified atom stereocenters. The molecule has 4 rings (SSSR count). The highest BCUT2D eigenvalue weighted by atomic mass is 32.1. The number of rotatable bonds is 8. The van der Waals surface area contributed by atoms with Crippen molar-refractivity contribution in [1.29, 1.82) is 0 Å². The highest BCUT2D eigenvalue weighted by Gasteiger charge is 2.35. The quantitative estimate of drug-likeness (QED) is 0.501. The average molecular weight is 528 g/mol. The first-order valence-electron chi connectivity index (χ1n) is 13.4. The Morgan fingerprint density at radius 2 is 1.97 bits per heavy atom. The normalized spacial score (nSPS) is 19.6. The summed E-state index contributed by atoms with van der Waals surface area (Å²) < 4.78 is 12.0. The van der Waals surface area contributed by atoms with Gasteiger partial charge in [0.25, 0.3) is 0 Å². The van der Waals surface area contributed by atoms with E-state index in [1.807, 2.05) is 37.8 Å². The van der Waals surface area contributed by atoms with E-state index >= 15 is 0 Å². The zero-order valence-corrected chi connectivity index (χ0v) is 23.6. The summed E-state index contributed by atoms with van der Waals surface area (Å²) in [5, 5.41) is 5.11. The van der Waals surface area contributed by atoms with Crippen molar-refractivity contribution in [3.8, 4) is 5.75 Å². The van der Waals surface area contributed by atoms with Gasteiger partial charge in [0.2, 0.25) is 5.91 Å². The standard InChI is InChI=1S/C29H41N3O4S/c1-20(2)21-8-10-22(11-9-21)36-19-25-24-13-16-37-26(24)12-14-32(25)27(33)18-31(17-23-7-6-15-35-23)28(34)30-29(3,4)5/h8-11,13,16,20,23,25H,6-7,12,14-15,17-19H2,1-5H3,(H,30,34)/t23-,25-/m1/s1. The fourth-order valence-electron chi connectivity index (χ4n) is 4.91. The molecule has 0 saturated carbocycles. The minimum atomic E-state index is -0.396. The molecule has 0 spiro atoms. The molecular weight excluding hydrogens is 486 g/mol. The summed E-state index contributed by atoms with van der Waals surface area (Å²) >= 11 is 1.73. The number of fused-ring (bicyclic) bond motifs is 1. The van der Waals surface area contributed by atoms with Crippen molar-refractivity contribution in [3.05, 3.63) is 51.7 Å². The first kappa shape index (κ1) is 27.5. The summed E-state index contributed by atoms with van der Waals surface area (Å²) in [6.07, 6.45) is 2.67. The number of amides is 3. The number of benzene rings is 1. The summed E-state index contributed by atoms with van der Waals surface area (Å²) in [4.78, 5) is 31.7. The van der Waals surface area contributed by atoms with Crippen LogP contribution in [-0.2, 0) is 16.0 Å². The third-order valence-electron chi connectivity index (χ3n) is 6.91. The molecule has 0 radical (unpaired) electrons. The van der Waals surface area contributed by atoms with Crippen molar-refractivity contribution in [2.75, 3.05) is 32.8 Å². The summed E-state index contributed by atoms with van der Waals surface area (Å²) in [7, 11) is 0. The number of hydrogen-bond acceptors (Lipinski definition) is 5. The molecule has 3 heterocycles. The van der Waals surface area contributed by atoms with Crippen molar-refractivity contribution in [1.82, 2.24) is 15.1 Å². The minimum Gasteiger partial charge on any atom is -0.491 e. The van der Waals surface area contributed by atoms with E-state index in [1.165, 1.54) is 10.4 Å². The van der Waals surface area contributed by atoms with Gasteiger partial charge in [0.05, 0.1) is 12.1 Å². The second kappa shape index (κ2) is 11.9. The Kier molecular flexibility index (Phi) is 8.80. The van der Waals surface area contributed by atoms with E-state index in [2.05, 4.69) is 42.7 Å². The van der Waals surface area contributed by atoms with Crippen LogP contribution in [0.2, 0.25) is 0 Å². The molecular formula is C29H41N3O4S. The van der Waals surface area contributed by atoms with Crippen LogP contribution in [-0.4, -0.2) is 66.2 Å². The lowest BCUT2D eigenvalue weighted by molar-refractivity contribution is -0.135. The molecule has 1 saturated heterocycles. The lowest BCUT2D eigenvalue weighted by Crippen LogP contribution is -2.54. The van der Waals surface area contributed by atoms with Crippen LogP contribution >= 0.6 is 11.3 Å². The average Bonchev–Trinajstić information content (AvgIpc) is 3.53. The number of nitrogens with one attached hydrogen (secondary N) is 1. The molecule has 2 atom stereocenters. The van der Waals surface area contributed by atoms with Crippen LogP contribution in [0.1, 0.15) is 75.4 Å². The maximum atomic E-state index is 13.7. The van der Waals surface area contributed by atoms with Gasteiger partial charge in [-0.2, -0.15) is 0 Å². The Hall–Kier alpha value is -2.58. The molecule has 3 amide bonds. The van der Waals surface area contributed by atoms with Crippen LogP contribution in [0.25, 0.3) is 0 Å². The number of hydrogen-bond donors (Lipinski definition) is 1. The molecule has 0 bridgehead atoms. The highest BCUT2D eigenvalue weighted by molar-refractivity contribution is 7.10. The van der Waals surface area contributed by atoms with E-state index < -0.39 is 5.54 Å². The molecule has 2 aliphatic rings. The van der Waals surface area contributed by atoms with Gasteiger partial charge in [-0.3, -0.25) is 4.79 Å². The van der Waals surface area contributed by atoms with Crippen molar-refractivity contribution in [2.45, 2.75) is 77.5 Å². The number of thiophene rings is 1. The van der Waals surface area contributed by atoms with Crippen molar-refractivity contribution in [3.63, 3.8) is 0 Å². The number of nitrogens with zero attached hydrogens (tertiary/aromatic N) is 2. The monoisotopic (exact) mass is 527 g/mol. The maximum absolute atomic E-state index is 13.7. The number of carbonyl (C=O) groups is 2. The summed E-state index contributed by atoms with van der Waals surface area (Å²) in [6.45, 7) is 12.3. The molecule has 1 aromatic heterocycles. The zero-order chi connectivity index (χ0) is 26.6. The zero-order valence-electron chi connectivity index (χ0n) is 22.8. The molecule has 2 aromatic rings. The molecule has 8 heteroatoms. The Bertz CT molecular complexity index is 1050. The van der Waals surface area contributed by atoms with Crippen LogP contribution in [0.5, 0.6) is 5.75 Å². The predicted octanol–water partition coefficient (Wildman–Crippen LogP) is 5.37. The topological polar surface area (TPSA) is 71.1 Å². The molecule has 37 heavy (non-hydrogen) atoms. The van der Waals surface area contributed by atoms with Crippen LogP contribution < -0.4 is 10.1 Å². The Morgan fingerprint density at radius 1 is 1.22 bits per heavy atom. The van der Waals surface area contributed by atoms with Crippen LogP contribution in [0.4, 0.5) is 4.79 Å². The van der Waals surface area contributed by atoms with Crippen molar-refractivity contribution >= 4 is 23.3 Å². The number of carbonyl (C=O) groups excluding carboxylic acids is 2. The van der Waals surface area contributed by atoms with Crippen molar-refractivity contribution < 1.29 is 19.1 Å². The Labute approximate surface area is 225 Å². The van der Waals surface area contributed by atoms with Gasteiger partial charge in [-0.25, -0.2) is 4.79 Å². The van der Waals surface area contributed by atoms with Gasteiger partial charge in [0, 0.05) is 30.1 Å². The third kappa shape index (κ3) is 7.26. The first-order valence-corrected chi connectivity index (χ1v) is 14.3. The van der Waals surface area contributed by atoms with Gasteiger partial charge in [0.15, 0.2) is 0 Å². The van der Waals surface area contributed by atoms with Gasteiger partial charge in [0.1, 0.15) is 18.9 Å². The maximum Gasteiger partial charge on any atom is 0.318 e. The number of urea groups is 1. The Balaban J connectivity index is 1.48. The summed E-state index contributed by atoms with van der Waals surface area (Å²) in [6, 6.07) is 9.86. The smallest absolute Gasteiger partial charge is 0.318 e. The first-order chi connectivity index (χ1) is 17.6. The van der Waals surface area contributed by atoms with Gasteiger partial charge in [-0.1, -0.05) is 26.0 Å². The van der Waals surface area contributed by atoms with E-state index in [-0.39, 0.29) is 30.6 Å². The van der Waals surface area contributed by atoms with Gasteiger partial charge in [-0.15, -0.1) is 11.3 Å². The fourth-order valence-corrected chi connectivity index (χ4v) is 5.83. The molecule has 0 aliphatic carbocycles. The molecule has 202 valence electrons. The van der Waals surface area contributed by atoms with Crippen LogP contribution in [0, 0.1) is 0 Å². The molecule has 7 nitrogen and oxygen atoms in total. The SMILES string of the molecule is CC(C)c1ccc(OC[C@@H]2c3ccsc3CCN2C(=O)CN(C[C@H]2CCCO2)C(=O)NC(C)(C)C)cc1. The van der Waals surface area contributed by atoms with E-state index in [9.17, 15) is 9.59 Å². The molecule has 2 aliphatic heterocycles. The second-order valence-corrected chi connectivity index (χ2v) is 12.4. The number of ether oxygens (including phenoxy) is 2. The third-order valence-corrected chi connectivity index (χ3v) is 7.91. The van der Waals surface area contributed by atoms with Gasteiger partial charge >= 0.3 is 6.03 Å². The molecule has 1 N–H and O–H groups in total. The minimum absolute atomic E-state index is 0.0147. The van der Waals surface area contributed by atoms with E-state index in [0.29, 0.717) is 32.2 Å². The second-order valence-electron chi connectivity index (χ2n) is 11.4. The lowest BCUT2D eigenvalue weighted by Gasteiger charge is -2.37. The van der Waals surface area contributed by atoms with Gasteiger partial charge < -0.3 is 24.6 Å². The lowest BCUT2D eigenvalue weighted by atomic mass is 10.00. The largest absolute Gasteiger partial charge is 0.491 e. The highest BCUT2D eigenvalue weighted by Crippen LogP contribution is 2.34. The van der Waals surface area contributed by atoms with E-state index in [1.54, 1.807) is 16.2 Å². The predicted molar refractivity (Wildman–Crippen MR) is 147 cm³/mol. The molecule has 1 aromatic carbocycles. The van der Waals surface area contributed by atoms with Gasteiger partial charge in [-0.05, 0) is 80.7 Å². The Morgan fingerprint density at radius 3 is 2.62 bits per heavy atom. The summed E-state index contributed by atoms with van der Waals surface area (Å²) in [5.74, 6) is 1.19. The van der Waals surface area contributed by atoms with Crippen LogP contribution in [0.15, 0.2) is 35.7 Å². The van der Waals surface area contributed by atoms with E-state index in [0.717, 1.165) is 30.6 Å². The van der Waals surface area contributed by atoms with Crippen molar-refractivity contribution in [2.24, 2.45) is 0 Å². The summed E-state index contributed by atoms with van der Waals surface area (Å²) in [5.41, 5.74) is 2.02.